The lowest BCUT2D eigenvalue weighted by Gasteiger charge is -2.26. The molecule has 0 aliphatic heterocycles. The fourth-order valence-electron chi connectivity index (χ4n) is 7.00. The first-order valence-electron chi connectivity index (χ1n) is 20.6. The molecule has 2 aromatic rings. The molecule has 0 spiro atoms. The molecule has 1 saturated carbocycles. The molecule has 0 heterocycles. The highest BCUT2D eigenvalue weighted by atomic mass is 16.4. The maximum Gasteiger partial charge on any atom is 0.454 e. The van der Waals surface area contributed by atoms with Gasteiger partial charge in [-0.25, -0.2) is 0 Å². The Bertz CT molecular complexity index is 1550. The van der Waals surface area contributed by atoms with E-state index in [0.29, 0.717) is 70.0 Å². The molecule has 6 atom stereocenters. The van der Waals surface area contributed by atoms with E-state index < -0.39 is 60.6 Å². The van der Waals surface area contributed by atoms with Crippen molar-refractivity contribution < 1.29 is 39.1 Å². The number of carbonyl (C=O) groups excluding carboxylic acids is 5. The predicted molar refractivity (Wildman–Crippen MR) is 219 cm³/mol. The van der Waals surface area contributed by atoms with Crippen LogP contribution in [-0.4, -0.2) is 82.7 Å². The Balaban J connectivity index is 1.70. The lowest BCUT2D eigenvalue weighted by molar-refractivity contribution is -0.136. The second kappa shape index (κ2) is 24.1. The van der Waals surface area contributed by atoms with Crippen LogP contribution < -0.4 is 22.1 Å². The van der Waals surface area contributed by atoms with Gasteiger partial charge in [-0.3, -0.25) is 24.0 Å². The van der Waals surface area contributed by atoms with E-state index in [1.165, 1.54) is 19.4 Å². The van der Waals surface area contributed by atoms with Crippen molar-refractivity contribution in [3.05, 3.63) is 59.7 Å². The fraction of sp³-hybridized carbons (Fsp3) is 0.605. The van der Waals surface area contributed by atoms with E-state index >= 15 is 0 Å². The molecule has 13 heteroatoms. The standard InChI is InChI=1S/C43H65BN4O8/c1-4-5-10-30-13-15-31(16-14-30)32-17-21-34(22-18-32)38(50)26-35(11-6-8-23-45)42(53)48-41(29(3)49)40(52)27-36(33-19-20-33)43(54)47-37(12-7-9-24-46)39(51)25-28(2)44(55)56/h13-18,21-22,28-29,33,35-37,41,49,55-56H,4-12,19-20,23-27,45-46H2,1-3H3,(H,47,54)(H,48,53)/t28-,29?,35-,36+,37+,41+/m1/s1. The van der Waals surface area contributed by atoms with Crippen LogP contribution in [0.15, 0.2) is 48.5 Å². The highest BCUT2D eigenvalue weighted by Gasteiger charge is 2.41. The monoisotopic (exact) mass is 776 g/mol. The highest BCUT2D eigenvalue weighted by Crippen LogP contribution is 2.39. The van der Waals surface area contributed by atoms with E-state index in [2.05, 4.69) is 41.8 Å². The molecule has 1 unspecified atom stereocenters. The number of nitrogens with one attached hydrogen (secondary N) is 2. The Morgan fingerprint density at radius 1 is 0.750 bits per heavy atom. The molecule has 1 fully saturated rings. The average molecular weight is 777 g/mol. The molecule has 2 amide bonds. The summed E-state index contributed by atoms with van der Waals surface area (Å²) in [5.74, 6) is -4.48. The smallest absolute Gasteiger partial charge is 0.427 e. The van der Waals surface area contributed by atoms with E-state index in [1.807, 2.05) is 12.1 Å². The van der Waals surface area contributed by atoms with E-state index in [0.717, 1.165) is 30.4 Å². The van der Waals surface area contributed by atoms with Gasteiger partial charge in [-0.05, 0) is 106 Å². The Kier molecular flexibility index (Phi) is 20.1. The van der Waals surface area contributed by atoms with Gasteiger partial charge in [-0.1, -0.05) is 75.2 Å². The van der Waals surface area contributed by atoms with Crippen LogP contribution in [0, 0.1) is 17.8 Å². The summed E-state index contributed by atoms with van der Waals surface area (Å²) in [5.41, 5.74) is 15.1. The Morgan fingerprint density at radius 2 is 1.34 bits per heavy atom. The number of aliphatic hydroxyl groups excluding tert-OH is 1. The third kappa shape index (κ3) is 15.3. The molecular formula is C43H65BN4O8. The van der Waals surface area contributed by atoms with Gasteiger partial charge in [-0.2, -0.15) is 0 Å². The van der Waals surface area contributed by atoms with Crippen LogP contribution in [-0.2, 0) is 25.6 Å². The number of carbonyl (C=O) groups is 5. The molecule has 0 radical (unpaired) electrons. The molecule has 0 aromatic heterocycles. The first-order valence-corrected chi connectivity index (χ1v) is 20.6. The summed E-state index contributed by atoms with van der Waals surface area (Å²) in [7, 11) is -1.68. The molecule has 308 valence electrons. The molecule has 0 saturated heterocycles. The number of amides is 2. The molecule has 56 heavy (non-hydrogen) atoms. The van der Waals surface area contributed by atoms with Crippen LogP contribution in [0.2, 0.25) is 5.82 Å². The molecular weight excluding hydrogens is 711 g/mol. The summed E-state index contributed by atoms with van der Waals surface area (Å²) in [5, 5.41) is 35.3. The van der Waals surface area contributed by atoms with Gasteiger partial charge in [0.2, 0.25) is 11.8 Å². The molecule has 9 N–H and O–H groups in total. The lowest BCUT2D eigenvalue weighted by Crippen LogP contribution is -2.51. The van der Waals surface area contributed by atoms with Gasteiger partial charge in [0.25, 0.3) is 0 Å². The molecule has 12 nitrogen and oxygen atoms in total. The molecule has 0 bridgehead atoms. The van der Waals surface area contributed by atoms with Crippen LogP contribution in [0.4, 0.5) is 0 Å². The third-order valence-electron chi connectivity index (χ3n) is 10.9. The van der Waals surface area contributed by atoms with Gasteiger partial charge >= 0.3 is 7.12 Å². The summed E-state index contributed by atoms with van der Waals surface area (Å²) in [6.07, 6.45) is 6.08. The van der Waals surface area contributed by atoms with E-state index in [-0.39, 0.29) is 36.7 Å². The maximum atomic E-state index is 13.8. The zero-order valence-corrected chi connectivity index (χ0v) is 33.6. The van der Waals surface area contributed by atoms with Crippen molar-refractivity contribution in [2.45, 2.75) is 135 Å². The van der Waals surface area contributed by atoms with E-state index in [1.54, 1.807) is 12.1 Å². The third-order valence-corrected chi connectivity index (χ3v) is 10.9. The summed E-state index contributed by atoms with van der Waals surface area (Å²) in [4.78, 5) is 67.9. The molecule has 1 aliphatic rings. The SMILES string of the molecule is CCCCc1ccc(-c2ccc(C(=O)C[C@@H](CCCCN)C(=O)N[C@H](C(=O)C[C@H](C(=O)N[C@@H](CCCCN)C(=O)C[C@@H](C)B(O)O)C3CC3)C(C)O)cc2)cc1. The van der Waals surface area contributed by atoms with Crippen molar-refractivity contribution >= 4 is 36.3 Å². The minimum atomic E-state index is -1.68. The molecule has 1 aliphatic carbocycles. The number of benzene rings is 2. The van der Waals surface area contributed by atoms with Gasteiger partial charge < -0.3 is 37.3 Å². The molecule has 2 aromatic carbocycles. The number of nitrogens with two attached hydrogens (primary N) is 2. The zero-order chi connectivity index (χ0) is 41.2. The maximum absolute atomic E-state index is 13.8. The van der Waals surface area contributed by atoms with Gasteiger partial charge in [0.15, 0.2) is 17.3 Å². The van der Waals surface area contributed by atoms with Gasteiger partial charge in [0.1, 0.15) is 6.04 Å². The Labute approximate surface area is 333 Å². The normalized spacial score (nSPS) is 15.9. The Morgan fingerprint density at radius 3 is 1.88 bits per heavy atom. The minimum Gasteiger partial charge on any atom is -0.427 e. The van der Waals surface area contributed by atoms with Crippen molar-refractivity contribution in [3.63, 3.8) is 0 Å². The zero-order valence-electron chi connectivity index (χ0n) is 33.6. The van der Waals surface area contributed by atoms with E-state index in [4.69, 9.17) is 11.5 Å². The summed E-state index contributed by atoms with van der Waals surface area (Å²) >= 11 is 0. The largest absolute Gasteiger partial charge is 0.454 e. The van der Waals surface area contributed by atoms with E-state index in [9.17, 15) is 39.1 Å². The first kappa shape index (κ1) is 46.6. The van der Waals surface area contributed by atoms with Crippen LogP contribution in [0.5, 0.6) is 0 Å². The van der Waals surface area contributed by atoms with Crippen LogP contribution >= 0.6 is 0 Å². The number of hydrogen-bond donors (Lipinski definition) is 7. The van der Waals surface area contributed by atoms with Crippen molar-refractivity contribution in [1.29, 1.82) is 0 Å². The highest BCUT2D eigenvalue weighted by molar-refractivity contribution is 6.43. The van der Waals surface area contributed by atoms with Crippen molar-refractivity contribution in [3.8, 4) is 11.1 Å². The number of hydrogen-bond acceptors (Lipinski definition) is 10. The Hall–Kier alpha value is -3.75. The van der Waals surface area contributed by atoms with Gasteiger partial charge in [-0.15, -0.1) is 0 Å². The fourth-order valence-corrected chi connectivity index (χ4v) is 7.00. The number of Topliss-reactive ketones (excluding diaryl/α,β-unsaturated/α-hetero) is 3. The lowest BCUT2D eigenvalue weighted by atomic mass is 9.71. The predicted octanol–water partition coefficient (Wildman–Crippen LogP) is 4.30. The number of unbranched alkanes of at least 4 members (excludes halogenated alkanes) is 3. The van der Waals surface area contributed by atoms with Crippen molar-refractivity contribution in [2.24, 2.45) is 29.2 Å². The number of aryl methyl sites for hydroxylation is 1. The summed E-state index contributed by atoms with van der Waals surface area (Å²) in [6.45, 7) is 5.93. The number of rotatable bonds is 28. The van der Waals surface area contributed by atoms with Crippen molar-refractivity contribution in [2.75, 3.05) is 13.1 Å². The van der Waals surface area contributed by atoms with Crippen molar-refractivity contribution in [1.82, 2.24) is 10.6 Å². The molecule has 3 rings (SSSR count). The van der Waals surface area contributed by atoms with Crippen LogP contribution in [0.25, 0.3) is 11.1 Å². The second-order valence-corrected chi connectivity index (χ2v) is 15.7. The quantitative estimate of drug-likeness (QED) is 0.0369. The summed E-state index contributed by atoms with van der Waals surface area (Å²) in [6, 6.07) is 13.5. The van der Waals surface area contributed by atoms with Crippen LogP contribution in [0.1, 0.15) is 120 Å². The topological polar surface area (TPSA) is 222 Å². The first-order chi connectivity index (χ1) is 26.8. The van der Waals surface area contributed by atoms with Gasteiger partial charge in [0.05, 0.1) is 12.1 Å². The minimum absolute atomic E-state index is 0.0960. The summed E-state index contributed by atoms with van der Waals surface area (Å²) < 4.78 is 0. The average Bonchev–Trinajstić information content (AvgIpc) is 4.03. The van der Waals surface area contributed by atoms with Crippen LogP contribution in [0.3, 0.4) is 0 Å². The second-order valence-electron chi connectivity index (χ2n) is 15.7. The van der Waals surface area contributed by atoms with Gasteiger partial charge in [0, 0.05) is 36.7 Å². The number of ketones is 3. The number of aliphatic hydroxyl groups is 1.